The second kappa shape index (κ2) is 9.47. The predicted octanol–water partition coefficient (Wildman–Crippen LogP) is 5.05. The number of pyridine rings is 1. The number of fused-ring (bicyclic) bond motifs is 4. The maximum atomic E-state index is 13.3. The van der Waals surface area contributed by atoms with Crippen LogP contribution < -0.4 is 9.47 Å². The second-order valence-electron chi connectivity index (χ2n) is 9.08. The van der Waals surface area contributed by atoms with Crippen molar-refractivity contribution in [1.29, 1.82) is 0 Å². The number of ether oxygens (including phenoxy) is 3. The van der Waals surface area contributed by atoms with E-state index < -0.39 is 6.10 Å². The molecule has 6 nitrogen and oxygen atoms in total. The van der Waals surface area contributed by atoms with E-state index in [1.54, 1.807) is 44.7 Å². The van der Waals surface area contributed by atoms with Crippen molar-refractivity contribution in [2.75, 3.05) is 27.3 Å². The third-order valence-electron chi connectivity index (χ3n) is 7.35. The number of piperidine rings is 3. The van der Waals surface area contributed by atoms with E-state index in [0.717, 1.165) is 48.1 Å². The molecular formula is C28H30N2O4. The van der Waals surface area contributed by atoms with Crippen LogP contribution in [0.5, 0.6) is 11.5 Å². The summed E-state index contributed by atoms with van der Waals surface area (Å²) < 4.78 is 17.0. The smallest absolute Gasteiger partial charge is 0.338 e. The maximum absolute atomic E-state index is 13.3. The number of benzene rings is 2. The van der Waals surface area contributed by atoms with Gasteiger partial charge in [0, 0.05) is 23.7 Å². The molecule has 176 valence electrons. The first-order valence-corrected chi connectivity index (χ1v) is 11.8. The Kier molecular flexibility index (Phi) is 6.24. The van der Waals surface area contributed by atoms with Gasteiger partial charge in [0.2, 0.25) is 0 Å². The topological polar surface area (TPSA) is 60.9 Å². The van der Waals surface area contributed by atoms with Crippen molar-refractivity contribution in [1.82, 2.24) is 9.88 Å². The van der Waals surface area contributed by atoms with Crippen molar-refractivity contribution in [2.24, 2.45) is 11.8 Å². The van der Waals surface area contributed by atoms with Gasteiger partial charge in [-0.1, -0.05) is 6.08 Å². The highest BCUT2D eigenvalue weighted by atomic mass is 16.5. The molecular weight excluding hydrogens is 428 g/mol. The van der Waals surface area contributed by atoms with E-state index in [1.165, 1.54) is 0 Å². The first-order chi connectivity index (χ1) is 16.6. The fourth-order valence-corrected chi connectivity index (χ4v) is 5.47. The van der Waals surface area contributed by atoms with E-state index in [9.17, 15) is 4.79 Å². The Morgan fingerprint density at radius 2 is 1.88 bits per heavy atom. The van der Waals surface area contributed by atoms with E-state index >= 15 is 0 Å². The summed E-state index contributed by atoms with van der Waals surface area (Å²) >= 11 is 0. The molecule has 5 atom stereocenters. The minimum absolute atomic E-state index is 0.0916. The number of rotatable bonds is 7. The third-order valence-corrected chi connectivity index (χ3v) is 7.35. The molecule has 3 aromatic rings. The molecule has 1 unspecified atom stereocenters. The molecule has 6 rings (SSSR count). The molecule has 3 fully saturated rings. The summed E-state index contributed by atoms with van der Waals surface area (Å²) in [5.41, 5.74) is 2.31. The number of hydrogen-bond acceptors (Lipinski definition) is 6. The summed E-state index contributed by atoms with van der Waals surface area (Å²) in [7, 11) is 3.26. The van der Waals surface area contributed by atoms with E-state index in [0.29, 0.717) is 23.1 Å². The maximum Gasteiger partial charge on any atom is 0.338 e. The Bertz CT molecular complexity index is 1190. The lowest BCUT2D eigenvalue weighted by Gasteiger charge is -2.51. The van der Waals surface area contributed by atoms with Crippen LogP contribution in [-0.2, 0) is 4.74 Å². The molecule has 3 aliphatic heterocycles. The Hall–Kier alpha value is -3.38. The average Bonchev–Trinajstić information content (AvgIpc) is 2.91. The van der Waals surface area contributed by atoms with Crippen LogP contribution in [0.2, 0.25) is 0 Å². The van der Waals surface area contributed by atoms with Crippen LogP contribution in [0.25, 0.3) is 10.9 Å². The molecule has 2 aromatic carbocycles. The van der Waals surface area contributed by atoms with E-state index in [4.69, 9.17) is 14.2 Å². The first-order valence-electron chi connectivity index (χ1n) is 11.8. The zero-order valence-corrected chi connectivity index (χ0v) is 19.6. The molecule has 0 N–H and O–H groups in total. The van der Waals surface area contributed by atoms with Crippen LogP contribution in [0, 0.1) is 11.8 Å². The molecule has 3 saturated heterocycles. The van der Waals surface area contributed by atoms with Crippen molar-refractivity contribution >= 4 is 16.9 Å². The molecule has 0 spiro atoms. The summed E-state index contributed by atoms with van der Waals surface area (Å²) in [5, 5.41) is 0.942. The second-order valence-corrected chi connectivity index (χ2v) is 9.08. The van der Waals surface area contributed by atoms with Crippen molar-refractivity contribution in [3.05, 3.63) is 78.5 Å². The van der Waals surface area contributed by atoms with Crippen molar-refractivity contribution in [3.63, 3.8) is 0 Å². The van der Waals surface area contributed by atoms with Gasteiger partial charge < -0.3 is 14.2 Å². The molecule has 2 bridgehead atoms. The van der Waals surface area contributed by atoms with Gasteiger partial charge in [-0.25, -0.2) is 4.79 Å². The SMILES string of the molecule is C=C[C@H]1CN2CC[C@@H]1C[C@@H]2[C@@H](OC(=O)c1ccc(OC)cc1)c1ccnc2ccc(OC)cc12. The zero-order valence-electron chi connectivity index (χ0n) is 19.6. The van der Waals surface area contributed by atoms with E-state index in [1.807, 2.05) is 24.3 Å². The number of nitrogens with zero attached hydrogens (tertiary/aromatic N) is 2. The minimum Gasteiger partial charge on any atom is -0.497 e. The predicted molar refractivity (Wildman–Crippen MR) is 131 cm³/mol. The lowest BCUT2D eigenvalue weighted by atomic mass is 9.73. The molecule has 4 heterocycles. The highest BCUT2D eigenvalue weighted by Crippen LogP contribution is 2.44. The first kappa shape index (κ1) is 22.4. The monoisotopic (exact) mass is 458 g/mol. The minimum atomic E-state index is -0.430. The van der Waals surface area contributed by atoms with Gasteiger partial charge in [-0.15, -0.1) is 6.58 Å². The molecule has 0 amide bonds. The number of carbonyl (C=O) groups is 1. The summed E-state index contributed by atoms with van der Waals surface area (Å²) in [6, 6.07) is 14.9. The summed E-state index contributed by atoms with van der Waals surface area (Å²) in [6.07, 6.45) is 5.56. The van der Waals surface area contributed by atoms with Gasteiger partial charge in [0.25, 0.3) is 0 Å². The van der Waals surface area contributed by atoms with Crippen molar-refractivity contribution < 1.29 is 19.0 Å². The quantitative estimate of drug-likeness (QED) is 0.365. The number of hydrogen-bond donors (Lipinski definition) is 0. The lowest BCUT2D eigenvalue weighted by Crippen LogP contribution is -2.55. The fraction of sp³-hybridized carbons (Fsp3) is 0.357. The molecule has 0 radical (unpaired) electrons. The zero-order chi connectivity index (χ0) is 23.7. The van der Waals surface area contributed by atoms with Crippen molar-refractivity contribution in [2.45, 2.75) is 25.0 Å². The van der Waals surface area contributed by atoms with Crippen LogP contribution in [0.4, 0.5) is 0 Å². The fourth-order valence-electron chi connectivity index (χ4n) is 5.47. The average molecular weight is 459 g/mol. The Morgan fingerprint density at radius 3 is 2.56 bits per heavy atom. The highest BCUT2D eigenvalue weighted by molar-refractivity contribution is 5.90. The third kappa shape index (κ3) is 4.14. The summed E-state index contributed by atoms with van der Waals surface area (Å²) in [6.45, 7) is 6.00. The molecule has 34 heavy (non-hydrogen) atoms. The van der Waals surface area contributed by atoms with Gasteiger partial charge in [0.15, 0.2) is 0 Å². The lowest BCUT2D eigenvalue weighted by molar-refractivity contribution is -0.0568. The van der Waals surface area contributed by atoms with Crippen molar-refractivity contribution in [3.8, 4) is 11.5 Å². The number of aromatic nitrogens is 1. The molecule has 0 aliphatic carbocycles. The van der Waals surface area contributed by atoms with Gasteiger partial charge >= 0.3 is 5.97 Å². The van der Waals surface area contributed by atoms with Crippen LogP contribution in [-0.4, -0.2) is 49.2 Å². The Morgan fingerprint density at radius 1 is 1.12 bits per heavy atom. The van der Waals surface area contributed by atoms with E-state index in [-0.39, 0.29) is 12.0 Å². The van der Waals surface area contributed by atoms with Gasteiger partial charge in [-0.05, 0) is 79.8 Å². The number of carbonyl (C=O) groups excluding carboxylic acids is 1. The molecule has 6 heteroatoms. The highest BCUT2D eigenvalue weighted by Gasteiger charge is 2.44. The Labute approximate surface area is 200 Å². The van der Waals surface area contributed by atoms with Crippen LogP contribution in [0.3, 0.4) is 0 Å². The Balaban J connectivity index is 1.54. The van der Waals surface area contributed by atoms with Gasteiger partial charge in [-0.2, -0.15) is 0 Å². The standard InChI is InChI=1S/C28H30N2O4/c1-4-18-17-30-14-12-20(18)15-26(30)27(34-28(31)19-5-7-21(32-2)8-6-19)23-11-13-29-25-10-9-22(33-3)16-24(23)25/h4-11,13,16,18,20,26-27H,1,12,14-15,17H2,2-3H3/t18-,20+,26+,27-/m0/s1. The van der Waals surface area contributed by atoms with Crippen LogP contribution in [0.15, 0.2) is 67.4 Å². The largest absolute Gasteiger partial charge is 0.497 e. The molecule has 1 aromatic heterocycles. The normalized spacial score (nSPS) is 24.4. The molecule has 3 aliphatic rings. The van der Waals surface area contributed by atoms with Crippen LogP contribution in [0.1, 0.15) is 34.9 Å². The number of esters is 1. The molecule has 0 saturated carbocycles. The summed E-state index contributed by atoms with van der Waals surface area (Å²) in [4.78, 5) is 20.3. The summed E-state index contributed by atoms with van der Waals surface area (Å²) in [5.74, 6) is 2.14. The number of methoxy groups -OCH3 is 2. The van der Waals surface area contributed by atoms with Gasteiger partial charge in [-0.3, -0.25) is 9.88 Å². The van der Waals surface area contributed by atoms with E-state index in [2.05, 4.69) is 22.5 Å². The van der Waals surface area contributed by atoms with Gasteiger partial charge in [0.1, 0.15) is 17.6 Å². The van der Waals surface area contributed by atoms with Gasteiger partial charge in [0.05, 0.1) is 31.3 Å². The van der Waals surface area contributed by atoms with Crippen LogP contribution >= 0.6 is 0 Å².